The molecule has 108 valence electrons. The van der Waals surface area contributed by atoms with Crippen molar-refractivity contribution in [1.82, 2.24) is 4.31 Å². The van der Waals surface area contributed by atoms with Gasteiger partial charge in [-0.1, -0.05) is 11.6 Å². The lowest BCUT2D eigenvalue weighted by Crippen LogP contribution is -2.29. The predicted octanol–water partition coefficient (Wildman–Crippen LogP) is 1.40. The molecule has 0 saturated heterocycles. The second-order valence-corrected chi connectivity index (χ2v) is 6.33. The number of methoxy groups -OCH3 is 1. The first kappa shape index (κ1) is 16.4. The van der Waals surface area contributed by atoms with Crippen molar-refractivity contribution < 1.29 is 17.9 Å². The Bertz CT molecular complexity index is 652. The normalized spacial score (nSPS) is 11.2. The quantitative estimate of drug-likeness (QED) is 0.766. The summed E-state index contributed by atoms with van der Waals surface area (Å²) in [5, 5.41) is 8.82. The summed E-state index contributed by atoms with van der Waals surface area (Å²) in [6, 6.07) is 5.82. The van der Waals surface area contributed by atoms with Gasteiger partial charge in [0.1, 0.15) is 4.90 Å². The van der Waals surface area contributed by atoms with Crippen molar-refractivity contribution in [3.8, 4) is 6.07 Å². The number of esters is 1. The van der Waals surface area contributed by atoms with Crippen molar-refractivity contribution in [3.63, 3.8) is 0 Å². The number of nitrogens with zero attached hydrogens (tertiary/aromatic N) is 2. The molecule has 0 atom stereocenters. The third kappa shape index (κ3) is 3.70. The monoisotopic (exact) mass is 316 g/mol. The van der Waals surface area contributed by atoms with E-state index in [9.17, 15) is 13.2 Å². The zero-order chi connectivity index (χ0) is 15.3. The van der Waals surface area contributed by atoms with E-state index in [1.54, 1.807) is 0 Å². The van der Waals surface area contributed by atoms with Gasteiger partial charge in [-0.3, -0.25) is 4.79 Å². The molecule has 0 aromatic heterocycles. The van der Waals surface area contributed by atoms with Crippen LogP contribution in [0.2, 0.25) is 5.02 Å². The Morgan fingerprint density at radius 1 is 1.50 bits per heavy atom. The minimum Gasteiger partial charge on any atom is -0.469 e. The van der Waals surface area contributed by atoms with E-state index >= 15 is 0 Å². The van der Waals surface area contributed by atoms with Crippen LogP contribution >= 0.6 is 11.6 Å². The van der Waals surface area contributed by atoms with Gasteiger partial charge in [-0.25, -0.2) is 12.7 Å². The van der Waals surface area contributed by atoms with Crippen molar-refractivity contribution in [3.05, 3.63) is 28.8 Å². The molecule has 0 saturated carbocycles. The minimum atomic E-state index is -3.86. The fourth-order valence-electron chi connectivity index (χ4n) is 1.41. The van der Waals surface area contributed by atoms with E-state index in [0.717, 1.165) is 4.31 Å². The lowest BCUT2D eigenvalue weighted by atomic mass is 10.2. The maximum absolute atomic E-state index is 12.3. The van der Waals surface area contributed by atoms with Gasteiger partial charge in [-0.05, 0) is 18.2 Å². The van der Waals surface area contributed by atoms with Crippen LogP contribution in [0.5, 0.6) is 0 Å². The molecule has 0 bridgehead atoms. The van der Waals surface area contributed by atoms with Crippen molar-refractivity contribution in [2.45, 2.75) is 11.3 Å². The number of hydrogen-bond donors (Lipinski definition) is 0. The van der Waals surface area contributed by atoms with E-state index in [2.05, 4.69) is 4.74 Å². The van der Waals surface area contributed by atoms with Gasteiger partial charge in [0.25, 0.3) is 0 Å². The zero-order valence-corrected chi connectivity index (χ0v) is 12.5. The summed E-state index contributed by atoms with van der Waals surface area (Å²) in [6.07, 6.45) is -0.0677. The number of nitriles is 1. The average molecular weight is 317 g/mol. The Hall–Kier alpha value is -1.62. The topological polar surface area (TPSA) is 87.5 Å². The highest BCUT2D eigenvalue weighted by Gasteiger charge is 2.24. The van der Waals surface area contributed by atoms with E-state index in [1.165, 1.54) is 32.4 Å². The maximum Gasteiger partial charge on any atom is 0.306 e. The summed E-state index contributed by atoms with van der Waals surface area (Å²) < 4.78 is 30.0. The average Bonchev–Trinajstić information content (AvgIpc) is 2.44. The molecule has 6 nitrogen and oxygen atoms in total. The number of ether oxygens (including phenoxy) is 1. The third-order valence-corrected chi connectivity index (χ3v) is 4.95. The zero-order valence-electron chi connectivity index (χ0n) is 11.0. The Labute approximate surface area is 122 Å². The van der Waals surface area contributed by atoms with Gasteiger partial charge >= 0.3 is 5.97 Å². The van der Waals surface area contributed by atoms with E-state index in [-0.39, 0.29) is 28.4 Å². The molecule has 0 N–H and O–H groups in total. The van der Waals surface area contributed by atoms with Gasteiger partial charge in [-0.2, -0.15) is 5.26 Å². The second kappa shape index (κ2) is 6.70. The molecule has 0 aliphatic carbocycles. The summed E-state index contributed by atoms with van der Waals surface area (Å²) in [5.74, 6) is -0.510. The SMILES string of the molecule is COC(=O)CCN(C)S(=O)(=O)c1cc(C#N)ccc1Cl. The lowest BCUT2D eigenvalue weighted by molar-refractivity contribution is -0.140. The van der Waals surface area contributed by atoms with Crippen molar-refractivity contribution in [2.24, 2.45) is 0 Å². The molecular formula is C12H13ClN2O4S. The lowest BCUT2D eigenvalue weighted by Gasteiger charge is -2.17. The molecule has 1 aromatic rings. The highest BCUT2D eigenvalue weighted by molar-refractivity contribution is 7.89. The first-order valence-electron chi connectivity index (χ1n) is 5.55. The van der Waals surface area contributed by atoms with Crippen LogP contribution < -0.4 is 0 Å². The van der Waals surface area contributed by atoms with Crippen molar-refractivity contribution in [1.29, 1.82) is 5.26 Å². The summed E-state index contributed by atoms with van der Waals surface area (Å²) in [4.78, 5) is 10.9. The summed E-state index contributed by atoms with van der Waals surface area (Å²) >= 11 is 5.86. The smallest absolute Gasteiger partial charge is 0.306 e. The molecule has 0 spiro atoms. The van der Waals surface area contributed by atoms with Crippen LogP contribution in [0.1, 0.15) is 12.0 Å². The minimum absolute atomic E-state index is 0.0221. The van der Waals surface area contributed by atoms with Crippen molar-refractivity contribution >= 4 is 27.6 Å². The molecule has 0 amide bonds. The van der Waals surface area contributed by atoms with E-state index in [0.29, 0.717) is 0 Å². The molecule has 0 fully saturated rings. The molecule has 1 rings (SSSR count). The van der Waals surface area contributed by atoms with Crippen LogP contribution in [0.15, 0.2) is 23.1 Å². The summed E-state index contributed by atoms with van der Waals surface area (Å²) in [6.45, 7) is -0.0396. The van der Waals surface area contributed by atoms with E-state index in [4.69, 9.17) is 16.9 Å². The van der Waals surface area contributed by atoms with Crippen molar-refractivity contribution in [2.75, 3.05) is 20.7 Å². The Morgan fingerprint density at radius 2 is 2.15 bits per heavy atom. The highest BCUT2D eigenvalue weighted by atomic mass is 35.5. The van der Waals surface area contributed by atoms with Crippen LogP contribution in [-0.4, -0.2) is 39.4 Å². The molecule has 1 aromatic carbocycles. The highest BCUT2D eigenvalue weighted by Crippen LogP contribution is 2.25. The van der Waals surface area contributed by atoms with Crippen LogP contribution in [0.4, 0.5) is 0 Å². The second-order valence-electron chi connectivity index (χ2n) is 3.91. The number of benzene rings is 1. The predicted molar refractivity (Wildman–Crippen MR) is 72.6 cm³/mol. The van der Waals surface area contributed by atoms with Crippen LogP contribution in [0, 0.1) is 11.3 Å². The van der Waals surface area contributed by atoms with Gasteiger partial charge in [0.2, 0.25) is 10.0 Å². The Morgan fingerprint density at radius 3 is 2.70 bits per heavy atom. The number of sulfonamides is 1. The molecule has 0 heterocycles. The van der Waals surface area contributed by atoms with Gasteiger partial charge in [0.15, 0.2) is 0 Å². The Kier molecular flexibility index (Phi) is 5.51. The molecule has 0 unspecified atom stereocenters. The van der Waals surface area contributed by atoms with Gasteiger partial charge in [-0.15, -0.1) is 0 Å². The summed E-state index contributed by atoms with van der Waals surface area (Å²) in [5.41, 5.74) is 0.189. The van der Waals surface area contributed by atoms with Crippen LogP contribution in [0.25, 0.3) is 0 Å². The molecule has 20 heavy (non-hydrogen) atoms. The number of carbonyl (C=O) groups excluding carboxylic acids is 1. The van der Waals surface area contributed by atoms with Gasteiger partial charge in [0.05, 0.1) is 30.2 Å². The summed E-state index contributed by atoms with van der Waals surface area (Å²) in [7, 11) is -1.31. The molecule has 0 aliphatic heterocycles. The van der Waals surface area contributed by atoms with Gasteiger partial charge < -0.3 is 4.74 Å². The van der Waals surface area contributed by atoms with E-state index in [1.807, 2.05) is 6.07 Å². The molecular weight excluding hydrogens is 304 g/mol. The molecule has 0 aliphatic rings. The standard InChI is InChI=1S/C12H13ClN2O4S/c1-15(6-5-12(16)19-2)20(17,18)11-7-9(8-14)3-4-10(11)13/h3-4,7H,5-6H2,1-2H3. The first-order chi connectivity index (χ1) is 9.32. The number of rotatable bonds is 5. The van der Waals surface area contributed by atoms with Crippen LogP contribution in [0.3, 0.4) is 0 Å². The number of halogens is 1. The fraction of sp³-hybridized carbons (Fsp3) is 0.333. The first-order valence-corrected chi connectivity index (χ1v) is 7.37. The number of hydrogen-bond acceptors (Lipinski definition) is 5. The fourth-order valence-corrected chi connectivity index (χ4v) is 3.08. The van der Waals surface area contributed by atoms with Gasteiger partial charge in [0, 0.05) is 13.6 Å². The number of carbonyl (C=O) groups is 1. The third-order valence-electron chi connectivity index (χ3n) is 2.61. The molecule has 0 radical (unpaired) electrons. The maximum atomic E-state index is 12.3. The molecule has 8 heteroatoms. The van der Waals surface area contributed by atoms with Crippen LogP contribution in [-0.2, 0) is 19.6 Å². The largest absolute Gasteiger partial charge is 0.469 e. The Balaban J connectivity index is 3.04. The van der Waals surface area contributed by atoms with E-state index < -0.39 is 16.0 Å².